The molecule has 1 amide bonds. The Morgan fingerprint density at radius 2 is 2.26 bits per heavy atom. The summed E-state index contributed by atoms with van der Waals surface area (Å²) in [6.07, 6.45) is 4.42. The first-order valence-corrected chi connectivity index (χ1v) is 7.74. The van der Waals surface area contributed by atoms with E-state index in [0.717, 1.165) is 32.5 Å². The molecule has 2 aliphatic rings. The molecule has 1 aliphatic carbocycles. The van der Waals surface area contributed by atoms with Crippen molar-refractivity contribution >= 4 is 29.7 Å². The zero-order chi connectivity index (χ0) is 12.4. The Labute approximate surface area is 124 Å². The van der Waals surface area contributed by atoms with E-state index in [-0.39, 0.29) is 18.3 Å². The number of rotatable bonds is 4. The van der Waals surface area contributed by atoms with Crippen LogP contribution in [0.2, 0.25) is 0 Å². The van der Waals surface area contributed by atoms with Gasteiger partial charge in [0.1, 0.15) is 0 Å². The molecule has 1 atom stereocenters. The minimum atomic E-state index is 0. The van der Waals surface area contributed by atoms with E-state index in [1.165, 1.54) is 18.4 Å². The van der Waals surface area contributed by atoms with Crippen LogP contribution in [0.4, 0.5) is 0 Å². The van der Waals surface area contributed by atoms with Gasteiger partial charge in [-0.1, -0.05) is 0 Å². The number of hydrogen-bond acceptors (Lipinski definition) is 3. The van der Waals surface area contributed by atoms with Gasteiger partial charge in [0.05, 0.1) is 0 Å². The molecule has 1 aromatic rings. The molecule has 0 aromatic carbocycles. The minimum absolute atomic E-state index is 0. The molecular weight excluding hydrogens is 280 g/mol. The van der Waals surface area contributed by atoms with E-state index in [4.69, 9.17) is 0 Å². The standard InChI is InChI=1S/C14H20N2OS.ClH/c17-13(16-5-1-11-2-8-18-10-11)12-9-14(12)3-6-15-7-4-14;/h2,8,10,12,15H,1,3-7,9H2,(H,16,17);1H. The summed E-state index contributed by atoms with van der Waals surface area (Å²) >= 11 is 1.71. The fourth-order valence-corrected chi connectivity index (χ4v) is 3.79. The van der Waals surface area contributed by atoms with Crippen molar-refractivity contribution in [3.8, 4) is 0 Å². The number of piperidine rings is 1. The molecule has 2 heterocycles. The molecule has 1 spiro atoms. The maximum atomic E-state index is 12.1. The zero-order valence-electron chi connectivity index (χ0n) is 11.0. The van der Waals surface area contributed by atoms with E-state index in [2.05, 4.69) is 27.5 Å². The monoisotopic (exact) mass is 300 g/mol. The number of halogens is 1. The lowest BCUT2D eigenvalue weighted by atomic mass is 9.92. The van der Waals surface area contributed by atoms with Crippen LogP contribution in [-0.4, -0.2) is 25.5 Å². The Morgan fingerprint density at radius 1 is 1.47 bits per heavy atom. The highest BCUT2D eigenvalue weighted by atomic mass is 35.5. The molecule has 2 fully saturated rings. The predicted octanol–water partition coefficient (Wildman–Crippen LogP) is 2.22. The Balaban J connectivity index is 0.00000133. The third-order valence-electron chi connectivity index (χ3n) is 4.40. The van der Waals surface area contributed by atoms with Crippen molar-refractivity contribution in [2.75, 3.05) is 19.6 Å². The molecule has 0 radical (unpaired) electrons. The van der Waals surface area contributed by atoms with Crippen LogP contribution in [0.1, 0.15) is 24.8 Å². The predicted molar refractivity (Wildman–Crippen MR) is 80.9 cm³/mol. The molecule has 3 rings (SSSR count). The summed E-state index contributed by atoms with van der Waals surface area (Å²) in [6.45, 7) is 2.94. The average molecular weight is 301 g/mol. The van der Waals surface area contributed by atoms with Gasteiger partial charge < -0.3 is 10.6 Å². The fourth-order valence-electron chi connectivity index (χ4n) is 3.08. The summed E-state index contributed by atoms with van der Waals surface area (Å²) in [6, 6.07) is 2.13. The lowest BCUT2D eigenvalue weighted by Crippen LogP contribution is -2.34. The number of hydrogen-bond donors (Lipinski definition) is 2. The molecule has 1 aliphatic heterocycles. The van der Waals surface area contributed by atoms with Crippen LogP contribution in [0.3, 0.4) is 0 Å². The minimum Gasteiger partial charge on any atom is -0.356 e. The molecule has 3 nitrogen and oxygen atoms in total. The Hall–Kier alpha value is -0.580. The molecule has 1 saturated carbocycles. The van der Waals surface area contributed by atoms with Crippen molar-refractivity contribution < 1.29 is 4.79 Å². The van der Waals surface area contributed by atoms with Gasteiger partial charge in [0, 0.05) is 12.5 Å². The van der Waals surface area contributed by atoms with Crippen LogP contribution in [0.25, 0.3) is 0 Å². The summed E-state index contributed by atoms with van der Waals surface area (Å²) in [5, 5.41) is 10.7. The highest BCUT2D eigenvalue weighted by Crippen LogP contribution is 2.58. The summed E-state index contributed by atoms with van der Waals surface area (Å²) in [5.41, 5.74) is 1.69. The van der Waals surface area contributed by atoms with E-state index < -0.39 is 0 Å². The van der Waals surface area contributed by atoms with Gasteiger partial charge in [0.2, 0.25) is 5.91 Å². The molecule has 2 N–H and O–H groups in total. The Morgan fingerprint density at radius 3 is 2.95 bits per heavy atom. The Bertz CT molecular complexity index is 415. The van der Waals surface area contributed by atoms with Crippen LogP contribution in [0, 0.1) is 11.3 Å². The lowest BCUT2D eigenvalue weighted by molar-refractivity contribution is -0.123. The maximum absolute atomic E-state index is 12.1. The summed E-state index contributed by atoms with van der Waals surface area (Å²) < 4.78 is 0. The molecule has 5 heteroatoms. The third-order valence-corrected chi connectivity index (χ3v) is 5.13. The average Bonchev–Trinajstić information content (AvgIpc) is 2.85. The van der Waals surface area contributed by atoms with Crippen molar-refractivity contribution in [2.45, 2.75) is 25.7 Å². The second-order valence-corrected chi connectivity index (χ2v) is 6.32. The fraction of sp³-hybridized carbons (Fsp3) is 0.643. The van der Waals surface area contributed by atoms with Crippen molar-refractivity contribution in [3.63, 3.8) is 0 Å². The smallest absolute Gasteiger partial charge is 0.223 e. The quantitative estimate of drug-likeness (QED) is 0.895. The molecule has 0 bridgehead atoms. The number of carbonyl (C=O) groups excluding carboxylic acids is 1. The largest absolute Gasteiger partial charge is 0.356 e. The lowest BCUT2D eigenvalue weighted by Gasteiger charge is -2.23. The molecule has 19 heavy (non-hydrogen) atoms. The van der Waals surface area contributed by atoms with Gasteiger partial charge in [-0.25, -0.2) is 0 Å². The zero-order valence-corrected chi connectivity index (χ0v) is 12.6. The second-order valence-electron chi connectivity index (χ2n) is 5.54. The van der Waals surface area contributed by atoms with E-state index in [1.54, 1.807) is 11.3 Å². The second kappa shape index (κ2) is 6.25. The van der Waals surface area contributed by atoms with E-state index in [0.29, 0.717) is 11.3 Å². The van der Waals surface area contributed by atoms with E-state index in [9.17, 15) is 4.79 Å². The van der Waals surface area contributed by atoms with Gasteiger partial charge in [-0.3, -0.25) is 4.79 Å². The van der Waals surface area contributed by atoms with E-state index >= 15 is 0 Å². The summed E-state index contributed by atoms with van der Waals surface area (Å²) in [5.74, 6) is 0.578. The summed E-state index contributed by atoms with van der Waals surface area (Å²) in [4.78, 5) is 12.1. The van der Waals surface area contributed by atoms with Crippen LogP contribution in [-0.2, 0) is 11.2 Å². The molecule has 106 valence electrons. The van der Waals surface area contributed by atoms with Crippen LogP contribution in [0.5, 0.6) is 0 Å². The highest BCUT2D eigenvalue weighted by Gasteiger charge is 2.57. The first-order chi connectivity index (χ1) is 8.80. The number of thiophene rings is 1. The topological polar surface area (TPSA) is 41.1 Å². The number of amides is 1. The number of nitrogens with one attached hydrogen (secondary N) is 2. The van der Waals surface area contributed by atoms with Gasteiger partial charge >= 0.3 is 0 Å². The first kappa shape index (κ1) is 14.8. The van der Waals surface area contributed by atoms with Crippen LogP contribution < -0.4 is 10.6 Å². The van der Waals surface area contributed by atoms with Gasteiger partial charge in [-0.05, 0) is 66.6 Å². The highest BCUT2D eigenvalue weighted by molar-refractivity contribution is 7.07. The Kier molecular flexibility index (Phi) is 4.87. The maximum Gasteiger partial charge on any atom is 0.223 e. The molecule has 1 saturated heterocycles. The molecular formula is C14H21ClN2OS. The SMILES string of the molecule is Cl.O=C(NCCc1ccsc1)C1CC12CCNCC2. The first-order valence-electron chi connectivity index (χ1n) is 6.80. The van der Waals surface area contributed by atoms with Crippen molar-refractivity contribution in [1.82, 2.24) is 10.6 Å². The van der Waals surface area contributed by atoms with Crippen molar-refractivity contribution in [1.29, 1.82) is 0 Å². The summed E-state index contributed by atoms with van der Waals surface area (Å²) in [7, 11) is 0. The van der Waals surface area contributed by atoms with Crippen molar-refractivity contribution in [3.05, 3.63) is 22.4 Å². The van der Waals surface area contributed by atoms with Gasteiger partial charge in [0.15, 0.2) is 0 Å². The van der Waals surface area contributed by atoms with Gasteiger partial charge in [-0.2, -0.15) is 11.3 Å². The normalized spacial score (nSPS) is 23.7. The van der Waals surface area contributed by atoms with Crippen molar-refractivity contribution in [2.24, 2.45) is 11.3 Å². The number of carbonyl (C=O) groups is 1. The van der Waals surface area contributed by atoms with Crippen LogP contribution in [0.15, 0.2) is 16.8 Å². The van der Waals surface area contributed by atoms with Gasteiger partial charge in [0.25, 0.3) is 0 Å². The van der Waals surface area contributed by atoms with Crippen LogP contribution >= 0.6 is 23.7 Å². The van der Waals surface area contributed by atoms with Gasteiger partial charge in [-0.15, -0.1) is 12.4 Å². The molecule has 1 aromatic heterocycles. The third kappa shape index (κ3) is 3.30. The molecule has 1 unspecified atom stereocenters. The van der Waals surface area contributed by atoms with E-state index in [1.807, 2.05) is 0 Å².